The number of rotatable bonds is 56. The van der Waals surface area contributed by atoms with Crippen LogP contribution in [0.25, 0.3) is 0 Å². The monoisotopic (exact) mass is 947 g/mol. The molecule has 67 heavy (non-hydrogen) atoms. The van der Waals surface area contributed by atoms with Crippen molar-refractivity contribution in [3.05, 3.63) is 0 Å². The summed E-state index contributed by atoms with van der Waals surface area (Å²) in [6.45, 7) is 9.08. The highest BCUT2D eigenvalue weighted by atomic mass is 16.6. The van der Waals surface area contributed by atoms with Crippen molar-refractivity contribution in [1.29, 1.82) is 0 Å². The summed E-state index contributed by atoms with van der Waals surface area (Å²) in [4.78, 5) is 38.2. The van der Waals surface area contributed by atoms with Gasteiger partial charge in [0, 0.05) is 19.3 Å². The van der Waals surface area contributed by atoms with E-state index in [1.807, 2.05) is 0 Å². The van der Waals surface area contributed by atoms with Crippen molar-refractivity contribution >= 4 is 17.9 Å². The number of ether oxygens (including phenoxy) is 3. The van der Waals surface area contributed by atoms with Gasteiger partial charge in [-0.15, -0.1) is 0 Å². The van der Waals surface area contributed by atoms with E-state index < -0.39 is 6.10 Å². The van der Waals surface area contributed by atoms with Gasteiger partial charge in [-0.2, -0.15) is 0 Å². The summed E-state index contributed by atoms with van der Waals surface area (Å²) >= 11 is 0. The Hall–Kier alpha value is -1.59. The van der Waals surface area contributed by atoms with Crippen molar-refractivity contribution < 1.29 is 28.6 Å². The lowest BCUT2D eigenvalue weighted by Gasteiger charge is -2.18. The Morgan fingerprint density at radius 1 is 0.284 bits per heavy atom. The fraction of sp³-hybridized carbons (Fsp3) is 0.951. The quantitative estimate of drug-likeness (QED) is 0.0343. The summed E-state index contributed by atoms with van der Waals surface area (Å²) in [6.07, 6.45) is 61.0. The van der Waals surface area contributed by atoms with Crippen LogP contribution in [0.5, 0.6) is 0 Å². The minimum Gasteiger partial charge on any atom is -0.462 e. The largest absolute Gasteiger partial charge is 0.462 e. The zero-order chi connectivity index (χ0) is 48.8. The molecule has 0 saturated carbocycles. The van der Waals surface area contributed by atoms with Crippen LogP contribution in [-0.2, 0) is 28.6 Å². The van der Waals surface area contributed by atoms with Crippen LogP contribution in [0.2, 0.25) is 0 Å². The molecule has 398 valence electrons. The van der Waals surface area contributed by atoms with Gasteiger partial charge in [0.15, 0.2) is 6.10 Å². The van der Waals surface area contributed by atoms with E-state index in [1.165, 1.54) is 244 Å². The third-order valence-corrected chi connectivity index (χ3v) is 14.0. The van der Waals surface area contributed by atoms with E-state index in [0.29, 0.717) is 19.3 Å². The van der Waals surface area contributed by atoms with Gasteiger partial charge in [0.1, 0.15) is 13.2 Å². The first kappa shape index (κ1) is 65.4. The molecule has 0 saturated heterocycles. The Morgan fingerprint density at radius 2 is 0.493 bits per heavy atom. The Kier molecular flexibility index (Phi) is 54.0. The van der Waals surface area contributed by atoms with Gasteiger partial charge in [0.25, 0.3) is 0 Å². The van der Waals surface area contributed by atoms with Crippen LogP contribution < -0.4 is 0 Å². The van der Waals surface area contributed by atoms with E-state index in [2.05, 4.69) is 27.7 Å². The Morgan fingerprint density at radius 3 is 0.731 bits per heavy atom. The minimum atomic E-state index is -0.762. The van der Waals surface area contributed by atoms with Gasteiger partial charge in [-0.3, -0.25) is 14.4 Å². The summed E-state index contributed by atoms with van der Waals surface area (Å²) < 4.78 is 16.9. The number of esters is 3. The lowest BCUT2D eigenvalue weighted by molar-refractivity contribution is -0.167. The fourth-order valence-corrected chi connectivity index (χ4v) is 9.46. The van der Waals surface area contributed by atoms with Gasteiger partial charge in [-0.25, -0.2) is 0 Å². The number of carbonyl (C=O) groups is 3. The molecule has 0 spiro atoms. The van der Waals surface area contributed by atoms with E-state index in [1.54, 1.807) is 0 Å². The molecule has 0 heterocycles. The molecular weight excluding hydrogens is 829 g/mol. The molecule has 0 bridgehead atoms. The van der Waals surface area contributed by atoms with Crippen LogP contribution >= 0.6 is 0 Å². The van der Waals surface area contributed by atoms with Crippen molar-refractivity contribution in [2.24, 2.45) is 5.92 Å². The van der Waals surface area contributed by atoms with E-state index >= 15 is 0 Å². The van der Waals surface area contributed by atoms with Crippen LogP contribution in [0.1, 0.15) is 349 Å². The molecule has 0 amide bonds. The lowest BCUT2D eigenvalue weighted by Crippen LogP contribution is -2.30. The number of unbranched alkanes of at least 4 members (excludes halogenated alkanes) is 43. The molecule has 0 N–H and O–H groups in total. The average molecular weight is 948 g/mol. The van der Waals surface area contributed by atoms with Crippen LogP contribution in [-0.4, -0.2) is 37.2 Å². The molecule has 0 fully saturated rings. The van der Waals surface area contributed by atoms with Crippen molar-refractivity contribution in [2.45, 2.75) is 355 Å². The van der Waals surface area contributed by atoms with Crippen molar-refractivity contribution in [3.63, 3.8) is 0 Å². The minimum absolute atomic E-state index is 0.0614. The summed E-state index contributed by atoms with van der Waals surface area (Å²) in [7, 11) is 0. The summed E-state index contributed by atoms with van der Waals surface area (Å²) in [5, 5.41) is 0. The maximum absolute atomic E-state index is 12.9. The molecule has 0 rings (SSSR count). The Labute approximate surface area is 418 Å². The molecule has 0 aliphatic heterocycles. The second-order valence-electron chi connectivity index (χ2n) is 21.5. The standard InChI is InChI=1S/C61H118O6/c1-5-7-9-11-13-15-17-19-28-32-36-40-44-48-52-59(62)65-55-58(67-61(64)54-50-46-42-38-34-29-20-18-16-14-12-10-8-6-2)56-66-60(63)53-49-45-41-37-33-30-26-24-22-21-23-25-27-31-35-39-43-47-51-57(3)4/h57-58H,5-56H2,1-4H3/t58-/m0/s1. The van der Waals surface area contributed by atoms with Crippen LogP contribution in [0.15, 0.2) is 0 Å². The second-order valence-corrected chi connectivity index (χ2v) is 21.5. The molecule has 0 aliphatic carbocycles. The predicted molar refractivity (Wildman–Crippen MR) is 289 cm³/mol. The number of carbonyl (C=O) groups excluding carboxylic acids is 3. The summed E-state index contributed by atoms with van der Waals surface area (Å²) in [5.41, 5.74) is 0. The highest BCUT2D eigenvalue weighted by Gasteiger charge is 2.19. The van der Waals surface area contributed by atoms with Gasteiger partial charge in [-0.1, -0.05) is 310 Å². The topological polar surface area (TPSA) is 78.9 Å². The smallest absolute Gasteiger partial charge is 0.306 e. The molecule has 0 aromatic rings. The zero-order valence-corrected chi connectivity index (χ0v) is 45.9. The van der Waals surface area contributed by atoms with Gasteiger partial charge in [0.2, 0.25) is 0 Å². The molecule has 0 aliphatic rings. The highest BCUT2D eigenvalue weighted by molar-refractivity contribution is 5.71. The van der Waals surface area contributed by atoms with Crippen LogP contribution in [0.4, 0.5) is 0 Å². The van der Waals surface area contributed by atoms with Crippen LogP contribution in [0.3, 0.4) is 0 Å². The summed E-state index contributed by atoms with van der Waals surface area (Å²) in [6, 6.07) is 0. The first-order chi connectivity index (χ1) is 32.9. The third kappa shape index (κ3) is 55.2. The highest BCUT2D eigenvalue weighted by Crippen LogP contribution is 2.18. The molecule has 0 unspecified atom stereocenters. The molecular formula is C61H118O6. The number of hydrogen-bond donors (Lipinski definition) is 0. The number of hydrogen-bond acceptors (Lipinski definition) is 6. The maximum atomic E-state index is 12.9. The van der Waals surface area contributed by atoms with Gasteiger partial charge < -0.3 is 14.2 Å². The average Bonchev–Trinajstić information content (AvgIpc) is 3.31. The molecule has 0 radical (unpaired) electrons. The maximum Gasteiger partial charge on any atom is 0.306 e. The fourth-order valence-electron chi connectivity index (χ4n) is 9.46. The third-order valence-electron chi connectivity index (χ3n) is 14.0. The van der Waals surface area contributed by atoms with Gasteiger partial charge >= 0.3 is 17.9 Å². The first-order valence-electron chi connectivity index (χ1n) is 30.4. The van der Waals surface area contributed by atoms with E-state index in [-0.39, 0.29) is 31.1 Å². The summed E-state index contributed by atoms with van der Waals surface area (Å²) in [5.74, 6) is 0.0279. The predicted octanol–water partition coefficient (Wildman–Crippen LogP) is 20.2. The second kappa shape index (κ2) is 55.3. The Balaban J connectivity index is 4.24. The van der Waals surface area contributed by atoms with Crippen molar-refractivity contribution in [3.8, 4) is 0 Å². The van der Waals surface area contributed by atoms with Gasteiger partial charge in [0.05, 0.1) is 0 Å². The van der Waals surface area contributed by atoms with E-state index in [9.17, 15) is 14.4 Å². The van der Waals surface area contributed by atoms with Crippen LogP contribution in [0, 0.1) is 5.92 Å². The normalized spacial score (nSPS) is 12.0. The molecule has 0 aromatic carbocycles. The molecule has 6 heteroatoms. The van der Waals surface area contributed by atoms with Crippen molar-refractivity contribution in [1.82, 2.24) is 0 Å². The molecule has 0 aromatic heterocycles. The lowest BCUT2D eigenvalue weighted by atomic mass is 10.0. The molecule has 1 atom stereocenters. The zero-order valence-electron chi connectivity index (χ0n) is 45.9. The Bertz CT molecular complexity index is 1010. The van der Waals surface area contributed by atoms with Gasteiger partial charge in [-0.05, 0) is 25.2 Å². The SMILES string of the molecule is CCCCCCCCCCCCCCCCC(=O)OC[C@@H](COC(=O)CCCCCCCCCCCCCCCCCCCCC(C)C)OC(=O)CCCCCCCCCCCCCCCC. The van der Waals surface area contributed by atoms with E-state index in [0.717, 1.165) is 63.7 Å². The first-order valence-corrected chi connectivity index (χ1v) is 30.4. The molecule has 6 nitrogen and oxygen atoms in total. The van der Waals surface area contributed by atoms with E-state index in [4.69, 9.17) is 14.2 Å². The van der Waals surface area contributed by atoms with Crippen molar-refractivity contribution in [2.75, 3.05) is 13.2 Å².